The Morgan fingerprint density at radius 2 is 0.915 bits per heavy atom. The van der Waals surface area contributed by atoms with Crippen LogP contribution in [0.5, 0.6) is 0 Å². The molecule has 0 amide bonds. The monoisotopic (exact) mass is 834 g/mol. The van der Waals surface area contributed by atoms with Crippen LogP contribution in [-0.4, -0.2) is 82.3 Å². The largest absolute Gasteiger partial charge is 0.545 e. The zero-order valence-electron chi connectivity index (χ0n) is 38.9. The maximum atomic E-state index is 12.7. The zero-order valence-corrected chi connectivity index (χ0v) is 38.9. The van der Waals surface area contributed by atoms with Crippen molar-refractivity contribution in [3.05, 3.63) is 36.5 Å². The van der Waals surface area contributed by atoms with Gasteiger partial charge < -0.3 is 33.3 Å². The topological polar surface area (TPSA) is 111 Å². The molecule has 0 radical (unpaired) electrons. The van der Waals surface area contributed by atoms with Crippen LogP contribution in [0.2, 0.25) is 0 Å². The molecule has 0 N–H and O–H groups in total. The number of aliphatic carboxylic acids is 1. The number of hydrogen-bond donors (Lipinski definition) is 0. The number of nitrogens with zero attached hydrogens (tertiary/aromatic N) is 1. The molecule has 0 aromatic carbocycles. The van der Waals surface area contributed by atoms with E-state index < -0.39 is 24.3 Å². The van der Waals surface area contributed by atoms with Gasteiger partial charge in [0.1, 0.15) is 13.2 Å². The molecule has 0 aliphatic heterocycles. The molecule has 9 nitrogen and oxygen atoms in total. The van der Waals surface area contributed by atoms with Gasteiger partial charge in [0.15, 0.2) is 12.4 Å². The number of likely N-dealkylation sites (N-methyl/N-ethyl adjacent to an activating group) is 1. The van der Waals surface area contributed by atoms with Crippen molar-refractivity contribution in [2.24, 2.45) is 0 Å². The second kappa shape index (κ2) is 42.2. The molecule has 9 heteroatoms. The number of ether oxygens (including phenoxy) is 4. The molecule has 0 rings (SSSR count). The third-order valence-electron chi connectivity index (χ3n) is 10.4. The summed E-state index contributed by atoms with van der Waals surface area (Å²) in [4.78, 5) is 36.6. The minimum absolute atomic E-state index is 0.148. The highest BCUT2D eigenvalue weighted by Crippen LogP contribution is 2.15. The lowest BCUT2D eigenvalue weighted by Gasteiger charge is -2.26. The molecular formula is C50H91NO8. The SMILES string of the molecule is CCCCCCC/C=C\C/C=C\C/C=C\CCCCCCCCCCCCCCCCC(=O)OC(COC(=O)CCCCCCC)COC(OCC[N+](C)(C)C)C(=O)[O-]. The zero-order chi connectivity index (χ0) is 43.5. The van der Waals surface area contributed by atoms with E-state index in [0.717, 1.165) is 57.8 Å². The Morgan fingerprint density at radius 3 is 1.36 bits per heavy atom. The van der Waals surface area contributed by atoms with Crippen molar-refractivity contribution in [3.8, 4) is 0 Å². The summed E-state index contributed by atoms with van der Waals surface area (Å²) < 4.78 is 22.4. The van der Waals surface area contributed by atoms with Gasteiger partial charge in [-0.2, -0.15) is 0 Å². The van der Waals surface area contributed by atoms with Crippen LogP contribution in [0.15, 0.2) is 36.5 Å². The van der Waals surface area contributed by atoms with Gasteiger partial charge in [-0.1, -0.05) is 179 Å². The number of carboxylic acids is 1. The fourth-order valence-corrected chi connectivity index (χ4v) is 6.60. The van der Waals surface area contributed by atoms with Crippen LogP contribution in [0.3, 0.4) is 0 Å². The average molecular weight is 834 g/mol. The molecule has 0 spiro atoms. The summed E-state index contributed by atoms with van der Waals surface area (Å²) in [7, 11) is 5.90. The predicted octanol–water partition coefficient (Wildman–Crippen LogP) is 11.7. The molecule has 0 aliphatic rings. The summed E-state index contributed by atoms with van der Waals surface area (Å²) in [6, 6.07) is 0. The van der Waals surface area contributed by atoms with Gasteiger partial charge in [0.05, 0.1) is 40.3 Å². The summed E-state index contributed by atoms with van der Waals surface area (Å²) in [5, 5.41) is 11.6. The average Bonchev–Trinajstić information content (AvgIpc) is 3.19. The first-order valence-corrected chi connectivity index (χ1v) is 24.1. The van der Waals surface area contributed by atoms with Crippen LogP contribution < -0.4 is 5.11 Å². The highest BCUT2D eigenvalue weighted by Gasteiger charge is 2.21. The Balaban J connectivity index is 4.03. The van der Waals surface area contributed by atoms with Crippen molar-refractivity contribution < 1.29 is 42.9 Å². The van der Waals surface area contributed by atoms with Gasteiger partial charge in [0.25, 0.3) is 0 Å². The van der Waals surface area contributed by atoms with Gasteiger partial charge in [0, 0.05) is 12.8 Å². The van der Waals surface area contributed by atoms with Gasteiger partial charge in [-0.3, -0.25) is 9.59 Å². The predicted molar refractivity (Wildman–Crippen MR) is 242 cm³/mol. The lowest BCUT2D eigenvalue weighted by molar-refractivity contribution is -0.870. The van der Waals surface area contributed by atoms with Crippen molar-refractivity contribution in [2.45, 2.75) is 219 Å². The van der Waals surface area contributed by atoms with E-state index in [-0.39, 0.29) is 38.6 Å². The molecule has 2 unspecified atom stereocenters. The van der Waals surface area contributed by atoms with Gasteiger partial charge >= 0.3 is 11.9 Å². The van der Waals surface area contributed by atoms with Crippen molar-refractivity contribution in [1.82, 2.24) is 0 Å². The van der Waals surface area contributed by atoms with Crippen molar-refractivity contribution in [3.63, 3.8) is 0 Å². The Kier molecular flexibility index (Phi) is 40.4. The Hall–Kier alpha value is -2.49. The lowest BCUT2D eigenvalue weighted by Crippen LogP contribution is -2.44. The maximum absolute atomic E-state index is 12.7. The fraction of sp³-hybridized carbons (Fsp3) is 0.820. The number of unbranched alkanes of at least 4 members (excludes halogenated alkanes) is 23. The van der Waals surface area contributed by atoms with Crippen LogP contribution in [0, 0.1) is 0 Å². The van der Waals surface area contributed by atoms with E-state index in [1.807, 2.05) is 21.1 Å². The molecule has 2 atom stereocenters. The van der Waals surface area contributed by atoms with E-state index in [1.165, 1.54) is 116 Å². The summed E-state index contributed by atoms with van der Waals surface area (Å²) in [5.74, 6) is -2.30. The van der Waals surface area contributed by atoms with E-state index in [4.69, 9.17) is 18.9 Å². The molecule has 0 aliphatic carbocycles. The van der Waals surface area contributed by atoms with Crippen molar-refractivity contribution in [2.75, 3.05) is 47.5 Å². The minimum atomic E-state index is -1.62. The van der Waals surface area contributed by atoms with Crippen molar-refractivity contribution >= 4 is 17.9 Å². The summed E-state index contributed by atoms with van der Waals surface area (Å²) >= 11 is 0. The number of carbonyl (C=O) groups is 3. The molecule has 344 valence electrons. The Morgan fingerprint density at radius 1 is 0.508 bits per heavy atom. The highest BCUT2D eigenvalue weighted by atomic mass is 16.7. The molecule has 0 aromatic rings. The molecule has 0 bridgehead atoms. The number of hydrogen-bond acceptors (Lipinski definition) is 8. The van der Waals surface area contributed by atoms with Gasteiger partial charge in [-0.25, -0.2) is 0 Å². The van der Waals surface area contributed by atoms with E-state index in [9.17, 15) is 19.5 Å². The van der Waals surface area contributed by atoms with Crippen LogP contribution in [0.25, 0.3) is 0 Å². The number of esters is 2. The minimum Gasteiger partial charge on any atom is -0.545 e. The Labute approximate surface area is 362 Å². The van der Waals surface area contributed by atoms with Gasteiger partial charge in [-0.15, -0.1) is 0 Å². The van der Waals surface area contributed by atoms with Crippen LogP contribution in [0.1, 0.15) is 206 Å². The number of allylic oxidation sites excluding steroid dienone is 6. The molecule has 0 fully saturated rings. The Bertz CT molecular complexity index is 1070. The second-order valence-corrected chi connectivity index (χ2v) is 17.4. The maximum Gasteiger partial charge on any atom is 0.306 e. The van der Waals surface area contributed by atoms with Crippen LogP contribution in [-0.2, 0) is 33.3 Å². The first-order chi connectivity index (χ1) is 28.6. The fourth-order valence-electron chi connectivity index (χ4n) is 6.60. The number of carboxylic acid groups (broad SMARTS) is 1. The standard InChI is InChI=1S/C50H91NO8/c1-6-8-10-12-13-14-15-16-17-18-19-20-21-22-23-24-25-26-27-28-29-30-31-32-33-34-35-37-39-41-48(53)59-46(44-57-47(52)40-38-36-11-9-7-2)45-58-50(49(54)55)56-43-42-51(3,4)5/h15-16,18-19,21-22,46,50H,6-14,17,20,23-45H2,1-5H3/b16-15-,19-18-,22-21-. The van der Waals surface area contributed by atoms with Gasteiger partial charge in [0.2, 0.25) is 0 Å². The number of carbonyl (C=O) groups excluding carboxylic acids is 3. The molecular weight excluding hydrogens is 743 g/mol. The smallest absolute Gasteiger partial charge is 0.306 e. The lowest BCUT2D eigenvalue weighted by atomic mass is 10.0. The van der Waals surface area contributed by atoms with Crippen LogP contribution >= 0.6 is 0 Å². The third kappa shape index (κ3) is 43.4. The van der Waals surface area contributed by atoms with E-state index in [1.54, 1.807) is 0 Å². The molecule has 0 saturated carbocycles. The summed E-state index contributed by atoms with van der Waals surface area (Å²) in [6.45, 7) is 4.63. The van der Waals surface area contributed by atoms with Gasteiger partial charge in [-0.05, 0) is 51.4 Å². The van der Waals surface area contributed by atoms with E-state index in [2.05, 4.69) is 50.3 Å². The van der Waals surface area contributed by atoms with Crippen molar-refractivity contribution in [1.29, 1.82) is 0 Å². The summed E-state index contributed by atoms with van der Waals surface area (Å²) in [5.41, 5.74) is 0. The third-order valence-corrected chi connectivity index (χ3v) is 10.4. The molecule has 0 saturated heterocycles. The normalized spacial score (nSPS) is 13.2. The van der Waals surface area contributed by atoms with Crippen LogP contribution in [0.4, 0.5) is 0 Å². The number of rotatable bonds is 44. The molecule has 0 aromatic heterocycles. The first-order valence-electron chi connectivity index (χ1n) is 24.1. The second-order valence-electron chi connectivity index (χ2n) is 17.4. The number of quaternary nitrogens is 1. The quantitative estimate of drug-likeness (QED) is 0.0196. The first kappa shape index (κ1) is 56.5. The molecule has 0 heterocycles. The highest BCUT2D eigenvalue weighted by molar-refractivity contribution is 5.70. The van der Waals surface area contributed by atoms with E-state index in [0.29, 0.717) is 17.4 Å². The van der Waals surface area contributed by atoms with E-state index >= 15 is 0 Å². The summed E-state index contributed by atoms with van der Waals surface area (Å²) in [6.07, 6.45) is 45.3. The molecule has 59 heavy (non-hydrogen) atoms.